The van der Waals surface area contributed by atoms with Crippen LogP contribution in [0.3, 0.4) is 0 Å². The van der Waals surface area contributed by atoms with Crippen molar-refractivity contribution < 1.29 is 4.74 Å². The number of para-hydroxylation sites is 1. The molecule has 0 aromatic heterocycles. The Morgan fingerprint density at radius 3 is 2.55 bits per heavy atom. The molecule has 2 unspecified atom stereocenters. The van der Waals surface area contributed by atoms with Crippen molar-refractivity contribution in [2.75, 3.05) is 0 Å². The number of fused-ring (bicyclic) bond motifs is 1. The second-order valence-corrected chi connectivity index (χ2v) is 7.98. The summed E-state index contributed by atoms with van der Waals surface area (Å²) in [6, 6.07) is 8.53. The van der Waals surface area contributed by atoms with Crippen LogP contribution < -0.4 is 4.74 Å². The average molecular weight is 303 g/mol. The molecule has 0 saturated heterocycles. The molecule has 124 valence electrons. The molecule has 0 fully saturated rings. The van der Waals surface area contributed by atoms with Crippen molar-refractivity contribution in [1.29, 1.82) is 0 Å². The van der Waals surface area contributed by atoms with Gasteiger partial charge in [0.15, 0.2) is 0 Å². The van der Waals surface area contributed by atoms with Crippen molar-refractivity contribution >= 4 is 0 Å². The van der Waals surface area contributed by atoms with Crippen LogP contribution in [-0.4, -0.2) is 5.60 Å². The SMILES string of the molecule is CC(C)CCCC(C)CCCC1(C)CCc2ccccc2O1. The van der Waals surface area contributed by atoms with Gasteiger partial charge in [0.1, 0.15) is 11.4 Å². The summed E-state index contributed by atoms with van der Waals surface area (Å²) in [4.78, 5) is 0. The Hall–Kier alpha value is -0.980. The number of hydrogen-bond acceptors (Lipinski definition) is 1. The number of hydrogen-bond donors (Lipinski definition) is 0. The normalized spacial score (nSPS) is 22.2. The van der Waals surface area contributed by atoms with E-state index in [4.69, 9.17) is 4.74 Å². The monoisotopic (exact) mass is 302 g/mol. The molecule has 0 spiro atoms. The van der Waals surface area contributed by atoms with Crippen LogP contribution in [0.1, 0.15) is 78.2 Å². The lowest BCUT2D eigenvalue weighted by Gasteiger charge is -2.36. The predicted molar refractivity (Wildman–Crippen MR) is 95.5 cm³/mol. The molecular formula is C21H34O. The third kappa shape index (κ3) is 5.34. The topological polar surface area (TPSA) is 9.23 Å². The molecule has 1 aromatic carbocycles. The summed E-state index contributed by atoms with van der Waals surface area (Å²) in [6.45, 7) is 9.36. The van der Waals surface area contributed by atoms with Crippen LogP contribution >= 0.6 is 0 Å². The summed E-state index contributed by atoms with van der Waals surface area (Å²) in [5.41, 5.74) is 1.42. The molecule has 2 atom stereocenters. The first-order chi connectivity index (χ1) is 10.5. The van der Waals surface area contributed by atoms with Crippen LogP contribution in [0.2, 0.25) is 0 Å². The van der Waals surface area contributed by atoms with Gasteiger partial charge in [-0.15, -0.1) is 0 Å². The smallest absolute Gasteiger partial charge is 0.123 e. The Balaban J connectivity index is 1.71. The van der Waals surface area contributed by atoms with Gasteiger partial charge in [-0.25, -0.2) is 0 Å². The van der Waals surface area contributed by atoms with E-state index >= 15 is 0 Å². The van der Waals surface area contributed by atoms with E-state index in [1.807, 2.05) is 0 Å². The van der Waals surface area contributed by atoms with Crippen LogP contribution in [0.4, 0.5) is 0 Å². The molecule has 1 aliphatic heterocycles. The van der Waals surface area contributed by atoms with E-state index in [0.717, 1.165) is 30.4 Å². The van der Waals surface area contributed by atoms with E-state index in [1.165, 1.54) is 44.1 Å². The molecule has 2 rings (SSSR count). The summed E-state index contributed by atoms with van der Waals surface area (Å²) >= 11 is 0. The number of benzene rings is 1. The van der Waals surface area contributed by atoms with E-state index in [-0.39, 0.29) is 5.60 Å². The van der Waals surface area contributed by atoms with E-state index in [1.54, 1.807) is 0 Å². The fourth-order valence-electron chi connectivity index (χ4n) is 3.54. The van der Waals surface area contributed by atoms with Crippen LogP contribution in [-0.2, 0) is 6.42 Å². The van der Waals surface area contributed by atoms with E-state index in [2.05, 4.69) is 52.0 Å². The molecule has 0 N–H and O–H groups in total. The molecule has 1 heterocycles. The second kappa shape index (κ2) is 8.04. The fraction of sp³-hybridized carbons (Fsp3) is 0.714. The lowest BCUT2D eigenvalue weighted by molar-refractivity contribution is 0.0524. The Morgan fingerprint density at radius 2 is 1.77 bits per heavy atom. The first-order valence-corrected chi connectivity index (χ1v) is 9.25. The van der Waals surface area contributed by atoms with Gasteiger partial charge < -0.3 is 4.74 Å². The van der Waals surface area contributed by atoms with E-state index in [0.29, 0.717) is 0 Å². The fourth-order valence-corrected chi connectivity index (χ4v) is 3.54. The summed E-state index contributed by atoms with van der Waals surface area (Å²) in [7, 11) is 0. The zero-order chi connectivity index (χ0) is 16.0. The highest BCUT2D eigenvalue weighted by atomic mass is 16.5. The van der Waals surface area contributed by atoms with Crippen LogP contribution in [0, 0.1) is 11.8 Å². The summed E-state index contributed by atoms with van der Waals surface area (Å²) in [5, 5.41) is 0. The minimum atomic E-state index is 0.0476. The summed E-state index contributed by atoms with van der Waals surface area (Å²) < 4.78 is 6.31. The Bertz CT molecular complexity index is 451. The van der Waals surface area contributed by atoms with Crippen LogP contribution in [0.25, 0.3) is 0 Å². The van der Waals surface area contributed by atoms with Gasteiger partial charge in [0, 0.05) is 0 Å². The van der Waals surface area contributed by atoms with Crippen molar-refractivity contribution in [2.24, 2.45) is 11.8 Å². The number of rotatable bonds is 8. The van der Waals surface area contributed by atoms with Crippen molar-refractivity contribution in [3.8, 4) is 5.75 Å². The van der Waals surface area contributed by atoms with Crippen molar-refractivity contribution in [3.63, 3.8) is 0 Å². The predicted octanol–water partition coefficient (Wildman–Crippen LogP) is 6.40. The molecule has 0 bridgehead atoms. The largest absolute Gasteiger partial charge is 0.487 e. The van der Waals surface area contributed by atoms with Crippen molar-refractivity contribution in [2.45, 2.75) is 84.7 Å². The maximum absolute atomic E-state index is 6.31. The van der Waals surface area contributed by atoms with Gasteiger partial charge in [-0.05, 0) is 56.1 Å². The summed E-state index contributed by atoms with van der Waals surface area (Å²) in [5.74, 6) is 2.82. The van der Waals surface area contributed by atoms with Crippen LogP contribution in [0.15, 0.2) is 24.3 Å². The highest BCUT2D eigenvalue weighted by molar-refractivity contribution is 5.35. The van der Waals surface area contributed by atoms with Crippen molar-refractivity contribution in [3.05, 3.63) is 29.8 Å². The average Bonchev–Trinajstić information content (AvgIpc) is 2.46. The first kappa shape index (κ1) is 17.4. The minimum Gasteiger partial charge on any atom is -0.487 e. The maximum atomic E-state index is 6.31. The van der Waals surface area contributed by atoms with Gasteiger partial charge in [0.05, 0.1) is 0 Å². The Labute approximate surface area is 137 Å². The third-order valence-corrected chi connectivity index (χ3v) is 5.13. The molecular weight excluding hydrogens is 268 g/mol. The lowest BCUT2D eigenvalue weighted by atomic mass is 9.86. The molecule has 0 aliphatic carbocycles. The lowest BCUT2D eigenvalue weighted by Crippen LogP contribution is -2.36. The van der Waals surface area contributed by atoms with Gasteiger partial charge in [-0.1, -0.05) is 64.7 Å². The molecule has 0 saturated carbocycles. The molecule has 22 heavy (non-hydrogen) atoms. The quantitative estimate of drug-likeness (QED) is 0.539. The summed E-state index contributed by atoms with van der Waals surface area (Å²) in [6.07, 6.45) is 10.3. The van der Waals surface area contributed by atoms with E-state index < -0.39 is 0 Å². The molecule has 0 amide bonds. The van der Waals surface area contributed by atoms with Gasteiger partial charge in [-0.2, -0.15) is 0 Å². The van der Waals surface area contributed by atoms with Crippen LogP contribution in [0.5, 0.6) is 5.75 Å². The number of ether oxygens (including phenoxy) is 1. The Morgan fingerprint density at radius 1 is 1.05 bits per heavy atom. The third-order valence-electron chi connectivity index (χ3n) is 5.13. The standard InChI is InChI=1S/C21H34O/c1-17(2)9-7-10-18(3)11-8-15-21(4)16-14-19-12-5-6-13-20(19)22-21/h5-6,12-13,17-18H,7-11,14-16H2,1-4H3. The Kier molecular flexibility index (Phi) is 6.35. The van der Waals surface area contributed by atoms with Gasteiger partial charge in [0.25, 0.3) is 0 Å². The second-order valence-electron chi connectivity index (χ2n) is 7.98. The highest BCUT2D eigenvalue weighted by Crippen LogP contribution is 2.36. The highest BCUT2D eigenvalue weighted by Gasteiger charge is 2.30. The number of aryl methyl sites for hydroxylation is 1. The molecule has 1 nitrogen and oxygen atoms in total. The zero-order valence-corrected chi connectivity index (χ0v) is 15.0. The van der Waals surface area contributed by atoms with E-state index in [9.17, 15) is 0 Å². The zero-order valence-electron chi connectivity index (χ0n) is 15.0. The first-order valence-electron chi connectivity index (χ1n) is 9.25. The molecule has 1 aromatic rings. The van der Waals surface area contributed by atoms with Crippen molar-refractivity contribution in [1.82, 2.24) is 0 Å². The van der Waals surface area contributed by atoms with Gasteiger partial charge in [0.2, 0.25) is 0 Å². The molecule has 1 aliphatic rings. The van der Waals surface area contributed by atoms with Gasteiger partial charge in [-0.3, -0.25) is 0 Å². The molecule has 0 radical (unpaired) electrons. The molecule has 1 heteroatoms. The minimum absolute atomic E-state index is 0.0476. The van der Waals surface area contributed by atoms with Gasteiger partial charge >= 0.3 is 0 Å². The maximum Gasteiger partial charge on any atom is 0.123 e.